The van der Waals surface area contributed by atoms with E-state index in [1.807, 2.05) is 0 Å². The van der Waals surface area contributed by atoms with E-state index >= 15 is 0 Å². The van der Waals surface area contributed by atoms with Gasteiger partial charge in [0.2, 0.25) is 0 Å². The summed E-state index contributed by atoms with van der Waals surface area (Å²) in [4.78, 5) is 29.5. The van der Waals surface area contributed by atoms with Crippen LogP contribution in [0.3, 0.4) is 0 Å². The number of allylic oxidation sites excluding steroid dienone is 4. The first-order chi connectivity index (χ1) is 17.1. The highest BCUT2D eigenvalue weighted by molar-refractivity contribution is 5.99. The van der Waals surface area contributed by atoms with Gasteiger partial charge in [-0.05, 0) is 57.0 Å². The van der Waals surface area contributed by atoms with Crippen LogP contribution in [0, 0.1) is 22.7 Å². The third kappa shape index (κ3) is 7.57. The Hall–Kier alpha value is -4.89. The molecule has 2 heterocycles. The molecule has 0 spiro atoms. The molecule has 2 rings (SSSR count). The highest BCUT2D eigenvalue weighted by Gasteiger charge is 2.22. The summed E-state index contributed by atoms with van der Waals surface area (Å²) in [7, 11) is 1.62. The number of rotatable bonds is 9. The Kier molecular flexibility index (Phi) is 9.53. The largest absolute Gasteiger partial charge is 0.397 e. The van der Waals surface area contributed by atoms with Crippen molar-refractivity contribution in [1.82, 2.24) is 15.3 Å². The summed E-state index contributed by atoms with van der Waals surface area (Å²) in [6.07, 6.45) is 9.84. The van der Waals surface area contributed by atoms with Gasteiger partial charge in [-0.25, -0.2) is 0 Å². The molecule has 0 aliphatic rings. The monoisotopic (exact) mass is 480 g/mol. The van der Waals surface area contributed by atoms with Crippen LogP contribution in [-0.2, 0) is 11.8 Å². The molecule has 1 amide bonds. The zero-order chi connectivity index (χ0) is 26.7. The van der Waals surface area contributed by atoms with E-state index in [-0.39, 0.29) is 5.91 Å². The lowest BCUT2D eigenvalue weighted by Crippen LogP contribution is -2.25. The standard InChI is InChI=1S/C27H28N8O/c1-18(2)33-16-22(35-26(36)20-8-11-32-24(13-20)27(3,4)17-29)7-6-19-12-21(14-28)25(34-15-19)23(30)9-10-31-5/h7-13,15-16H,1,6,30H2,2-5H3,(H,35,36)/b22-7+,23-9?,31-10?,33-16?. The van der Waals surface area contributed by atoms with Gasteiger partial charge < -0.3 is 11.1 Å². The van der Waals surface area contributed by atoms with E-state index in [2.05, 4.69) is 44.0 Å². The number of hydrogen-bond donors (Lipinski definition) is 2. The zero-order valence-corrected chi connectivity index (χ0v) is 20.8. The summed E-state index contributed by atoms with van der Waals surface area (Å²) < 4.78 is 0. The Bertz CT molecular complexity index is 1350. The van der Waals surface area contributed by atoms with Gasteiger partial charge in [-0.1, -0.05) is 12.7 Å². The van der Waals surface area contributed by atoms with Crippen LogP contribution in [0.2, 0.25) is 0 Å². The molecule has 0 aliphatic heterocycles. The van der Waals surface area contributed by atoms with Gasteiger partial charge in [0, 0.05) is 36.9 Å². The van der Waals surface area contributed by atoms with Gasteiger partial charge in [0.25, 0.3) is 5.91 Å². The molecule has 0 aromatic carbocycles. The highest BCUT2D eigenvalue weighted by Crippen LogP contribution is 2.20. The van der Waals surface area contributed by atoms with Crippen LogP contribution in [0.25, 0.3) is 5.70 Å². The number of hydrogen-bond acceptors (Lipinski definition) is 8. The maximum absolute atomic E-state index is 13.0. The highest BCUT2D eigenvalue weighted by atomic mass is 16.1. The maximum Gasteiger partial charge on any atom is 0.255 e. The van der Waals surface area contributed by atoms with Crippen LogP contribution in [0.4, 0.5) is 0 Å². The number of nitrogens with one attached hydrogen (secondary N) is 1. The topological polar surface area (TPSA) is 153 Å². The van der Waals surface area contributed by atoms with E-state index in [4.69, 9.17) is 5.73 Å². The van der Waals surface area contributed by atoms with Crippen LogP contribution in [0.15, 0.2) is 70.7 Å². The summed E-state index contributed by atoms with van der Waals surface area (Å²) in [5.74, 6) is -0.381. The smallest absolute Gasteiger partial charge is 0.255 e. The number of carbonyl (C=O) groups excluding carboxylic acids is 1. The number of nitrogens with zero attached hydrogens (tertiary/aromatic N) is 6. The summed E-state index contributed by atoms with van der Waals surface area (Å²) >= 11 is 0. The quantitative estimate of drug-likeness (QED) is 0.523. The average molecular weight is 481 g/mol. The second-order valence-electron chi connectivity index (χ2n) is 8.36. The molecule has 36 heavy (non-hydrogen) atoms. The second kappa shape index (κ2) is 12.5. The SMILES string of the molecule is C=C(C)N=C/C(=C\Cc1cnc(C(N)=CC=NC)c(C#N)c1)NC(=O)c1ccnc(C(C)(C)C#N)c1. The lowest BCUT2D eigenvalue weighted by atomic mass is 9.90. The van der Waals surface area contributed by atoms with E-state index < -0.39 is 5.41 Å². The Morgan fingerprint density at radius 1 is 1.31 bits per heavy atom. The number of aliphatic imine (C=N–C) groups is 2. The van der Waals surface area contributed by atoms with Crippen molar-refractivity contribution >= 4 is 24.0 Å². The molecule has 9 heteroatoms. The number of amides is 1. The van der Waals surface area contributed by atoms with Crippen LogP contribution in [-0.4, -0.2) is 35.4 Å². The Morgan fingerprint density at radius 2 is 2.06 bits per heavy atom. The van der Waals surface area contributed by atoms with Gasteiger partial charge >= 0.3 is 0 Å². The van der Waals surface area contributed by atoms with Gasteiger partial charge in [0.1, 0.15) is 11.8 Å². The van der Waals surface area contributed by atoms with Crippen molar-refractivity contribution in [3.05, 3.63) is 88.8 Å². The van der Waals surface area contributed by atoms with E-state index in [0.717, 1.165) is 5.56 Å². The minimum Gasteiger partial charge on any atom is -0.397 e. The predicted octanol–water partition coefficient (Wildman–Crippen LogP) is 3.61. The minimum atomic E-state index is -0.837. The first-order valence-electron chi connectivity index (χ1n) is 11.0. The average Bonchev–Trinajstić information content (AvgIpc) is 2.88. The van der Waals surface area contributed by atoms with Crippen molar-refractivity contribution in [3.8, 4) is 12.1 Å². The van der Waals surface area contributed by atoms with Crippen molar-refractivity contribution in [3.63, 3.8) is 0 Å². The fourth-order valence-corrected chi connectivity index (χ4v) is 2.89. The van der Waals surface area contributed by atoms with E-state index in [9.17, 15) is 15.3 Å². The molecule has 2 aromatic rings. The first-order valence-corrected chi connectivity index (χ1v) is 11.0. The van der Waals surface area contributed by atoms with Gasteiger partial charge in [-0.15, -0.1) is 0 Å². The molecule has 0 unspecified atom stereocenters. The number of pyridine rings is 2. The van der Waals surface area contributed by atoms with Crippen LogP contribution >= 0.6 is 0 Å². The minimum absolute atomic E-state index is 0.324. The Balaban J connectivity index is 2.33. The summed E-state index contributed by atoms with van der Waals surface area (Å²) in [5, 5.41) is 21.8. The third-order valence-electron chi connectivity index (χ3n) is 4.92. The molecular weight excluding hydrogens is 452 g/mol. The molecule has 2 aromatic heterocycles. The summed E-state index contributed by atoms with van der Waals surface area (Å²) in [6.45, 7) is 8.95. The number of nitrogens with two attached hydrogens (primary N) is 1. The van der Waals surface area contributed by atoms with Crippen molar-refractivity contribution in [2.75, 3.05) is 7.05 Å². The van der Waals surface area contributed by atoms with Gasteiger partial charge in [0.15, 0.2) is 0 Å². The second-order valence-corrected chi connectivity index (χ2v) is 8.36. The van der Waals surface area contributed by atoms with Gasteiger partial charge in [-0.2, -0.15) is 10.5 Å². The van der Waals surface area contributed by atoms with E-state index in [1.54, 1.807) is 64.4 Å². The molecule has 0 aliphatic carbocycles. The molecule has 182 valence electrons. The molecule has 0 saturated heterocycles. The van der Waals surface area contributed by atoms with E-state index in [0.29, 0.717) is 46.0 Å². The Labute approximate surface area is 211 Å². The molecule has 3 N–H and O–H groups in total. The van der Waals surface area contributed by atoms with Crippen molar-refractivity contribution in [1.29, 1.82) is 10.5 Å². The van der Waals surface area contributed by atoms with Crippen molar-refractivity contribution < 1.29 is 4.79 Å². The van der Waals surface area contributed by atoms with E-state index in [1.165, 1.54) is 18.6 Å². The van der Waals surface area contributed by atoms with Crippen molar-refractivity contribution in [2.24, 2.45) is 15.7 Å². The predicted molar refractivity (Wildman–Crippen MR) is 141 cm³/mol. The fourth-order valence-electron chi connectivity index (χ4n) is 2.89. The molecule has 0 radical (unpaired) electrons. The van der Waals surface area contributed by atoms with Gasteiger partial charge in [-0.3, -0.25) is 24.7 Å². The lowest BCUT2D eigenvalue weighted by molar-refractivity contribution is 0.0967. The molecular formula is C27H28N8O. The van der Waals surface area contributed by atoms with Crippen molar-refractivity contribution in [2.45, 2.75) is 32.6 Å². The fraction of sp³-hybridized carbons (Fsp3) is 0.222. The number of aromatic nitrogens is 2. The molecule has 0 fully saturated rings. The normalized spacial score (nSPS) is 12.4. The molecule has 0 atom stereocenters. The molecule has 0 saturated carbocycles. The summed E-state index contributed by atoms with van der Waals surface area (Å²) in [6, 6.07) is 9.15. The van der Waals surface area contributed by atoms with Crippen LogP contribution in [0.1, 0.15) is 53.6 Å². The van der Waals surface area contributed by atoms with Gasteiger partial charge in [0.05, 0.1) is 40.4 Å². The number of carbonyl (C=O) groups is 1. The zero-order valence-electron chi connectivity index (χ0n) is 20.8. The first kappa shape index (κ1) is 27.4. The molecule has 0 bridgehead atoms. The lowest BCUT2D eigenvalue weighted by Gasteiger charge is -2.15. The van der Waals surface area contributed by atoms with Crippen LogP contribution < -0.4 is 11.1 Å². The third-order valence-corrected chi connectivity index (χ3v) is 4.92. The Morgan fingerprint density at radius 3 is 2.69 bits per heavy atom. The number of nitriles is 2. The van der Waals surface area contributed by atoms with Crippen LogP contribution in [0.5, 0.6) is 0 Å². The maximum atomic E-state index is 13.0. The molecule has 9 nitrogen and oxygen atoms in total. The summed E-state index contributed by atoms with van der Waals surface area (Å²) in [5.41, 5.74) is 8.78.